The van der Waals surface area contributed by atoms with Gasteiger partial charge < -0.3 is 0 Å². The number of carbonyl (C=O) groups is 1. The Morgan fingerprint density at radius 2 is 2.00 bits per heavy atom. The molecule has 3 aromatic rings. The third-order valence-corrected chi connectivity index (χ3v) is 4.67. The Kier molecular flexibility index (Phi) is 4.75. The van der Waals surface area contributed by atoms with Gasteiger partial charge in [-0.05, 0) is 41.1 Å². The number of pyridine rings is 1. The van der Waals surface area contributed by atoms with Crippen LogP contribution in [0.5, 0.6) is 0 Å². The number of carbonyl (C=O) groups excluding carboxylic acids is 1. The lowest BCUT2D eigenvalue weighted by molar-refractivity contribution is 0.102. The number of benzene rings is 1. The maximum Gasteiger partial charge on any atom is 0.259 e. The van der Waals surface area contributed by atoms with Crippen LogP contribution in [0.15, 0.2) is 47.2 Å². The Morgan fingerprint density at radius 1 is 1.26 bits per heavy atom. The van der Waals surface area contributed by atoms with E-state index in [0.29, 0.717) is 15.7 Å². The molecule has 0 radical (unpaired) electrons. The van der Waals surface area contributed by atoms with E-state index in [9.17, 15) is 4.79 Å². The summed E-state index contributed by atoms with van der Waals surface area (Å²) in [5.74, 6) is -0.241. The quantitative estimate of drug-likeness (QED) is 0.649. The minimum atomic E-state index is -0.241. The molecule has 0 spiro atoms. The van der Waals surface area contributed by atoms with Gasteiger partial charge in [0.15, 0.2) is 5.13 Å². The molecule has 0 fully saturated rings. The van der Waals surface area contributed by atoms with Crippen molar-refractivity contribution >= 4 is 49.9 Å². The number of nitrogens with one attached hydrogen (secondary N) is 1. The van der Waals surface area contributed by atoms with Crippen molar-refractivity contribution in [2.45, 2.75) is 6.92 Å². The Morgan fingerprint density at radius 3 is 2.70 bits per heavy atom. The van der Waals surface area contributed by atoms with Gasteiger partial charge in [-0.15, -0.1) is 11.3 Å². The van der Waals surface area contributed by atoms with Crippen molar-refractivity contribution in [3.05, 3.63) is 62.7 Å². The highest BCUT2D eigenvalue weighted by Gasteiger charge is 2.13. The lowest BCUT2D eigenvalue weighted by Crippen LogP contribution is -2.11. The first kappa shape index (κ1) is 16.1. The van der Waals surface area contributed by atoms with Crippen molar-refractivity contribution in [1.29, 1.82) is 0 Å². The fourth-order valence-corrected chi connectivity index (χ4v) is 3.35. The number of nitrogens with zero attached hydrogens (tertiary/aromatic N) is 2. The minimum absolute atomic E-state index is 0.241. The predicted molar refractivity (Wildman–Crippen MR) is 97.2 cm³/mol. The smallest absolute Gasteiger partial charge is 0.259 e. The molecule has 23 heavy (non-hydrogen) atoms. The van der Waals surface area contributed by atoms with Crippen LogP contribution in [0.3, 0.4) is 0 Å². The van der Waals surface area contributed by atoms with Gasteiger partial charge in [0.1, 0.15) is 0 Å². The monoisotopic (exact) mass is 407 g/mol. The molecule has 1 aromatic carbocycles. The Bertz CT molecular complexity index is 864. The molecule has 116 valence electrons. The molecule has 0 bridgehead atoms. The third kappa shape index (κ3) is 3.77. The standard InChI is InChI=1S/C16H11BrClN3OS/c1-9-14(10-2-4-13(18)5-3-10)20-16(23-9)21-15(22)11-6-12(17)8-19-7-11/h2-8H,1H3,(H,20,21,22). The molecule has 0 aliphatic carbocycles. The van der Waals surface area contributed by atoms with Crippen molar-refractivity contribution in [3.8, 4) is 11.3 Å². The molecule has 7 heteroatoms. The van der Waals surface area contributed by atoms with Gasteiger partial charge in [0.2, 0.25) is 0 Å². The van der Waals surface area contributed by atoms with E-state index in [1.807, 2.05) is 31.2 Å². The number of hydrogen-bond donors (Lipinski definition) is 1. The van der Waals surface area contributed by atoms with Crippen LogP contribution in [-0.2, 0) is 0 Å². The van der Waals surface area contributed by atoms with Crippen LogP contribution in [0, 0.1) is 6.92 Å². The molecule has 0 atom stereocenters. The van der Waals surface area contributed by atoms with E-state index >= 15 is 0 Å². The largest absolute Gasteiger partial charge is 0.298 e. The molecule has 0 saturated carbocycles. The van der Waals surface area contributed by atoms with Crippen molar-refractivity contribution in [1.82, 2.24) is 9.97 Å². The van der Waals surface area contributed by atoms with E-state index in [-0.39, 0.29) is 5.91 Å². The molecule has 2 aromatic heterocycles. The highest BCUT2D eigenvalue weighted by atomic mass is 79.9. The van der Waals surface area contributed by atoms with Crippen LogP contribution in [0.2, 0.25) is 5.02 Å². The molecular weight excluding hydrogens is 398 g/mol. The van der Waals surface area contributed by atoms with Crippen LogP contribution < -0.4 is 5.32 Å². The van der Waals surface area contributed by atoms with E-state index < -0.39 is 0 Å². The normalized spacial score (nSPS) is 10.6. The number of hydrogen-bond acceptors (Lipinski definition) is 4. The lowest BCUT2D eigenvalue weighted by atomic mass is 10.1. The van der Waals surface area contributed by atoms with Crippen molar-refractivity contribution in [3.63, 3.8) is 0 Å². The summed E-state index contributed by atoms with van der Waals surface area (Å²) >= 11 is 10.6. The van der Waals surface area contributed by atoms with E-state index in [1.54, 1.807) is 12.3 Å². The lowest BCUT2D eigenvalue weighted by Gasteiger charge is -2.01. The summed E-state index contributed by atoms with van der Waals surface area (Å²) < 4.78 is 0.752. The molecule has 3 rings (SSSR count). The second kappa shape index (κ2) is 6.78. The Labute approximate surface area is 150 Å². The van der Waals surface area contributed by atoms with Crippen molar-refractivity contribution < 1.29 is 4.79 Å². The van der Waals surface area contributed by atoms with Crippen LogP contribution in [0.1, 0.15) is 15.2 Å². The minimum Gasteiger partial charge on any atom is -0.298 e. The topological polar surface area (TPSA) is 54.9 Å². The molecule has 1 amide bonds. The average molecular weight is 409 g/mol. The van der Waals surface area contributed by atoms with Gasteiger partial charge in [0.25, 0.3) is 5.91 Å². The Hall–Kier alpha value is -1.76. The molecule has 0 saturated heterocycles. The van der Waals surface area contributed by atoms with Crippen molar-refractivity contribution in [2.24, 2.45) is 0 Å². The summed E-state index contributed by atoms with van der Waals surface area (Å²) in [7, 11) is 0. The summed E-state index contributed by atoms with van der Waals surface area (Å²) in [4.78, 5) is 21.8. The van der Waals surface area contributed by atoms with Gasteiger partial charge in [-0.3, -0.25) is 15.1 Å². The summed E-state index contributed by atoms with van der Waals surface area (Å²) in [5, 5.41) is 4.04. The molecular formula is C16H11BrClN3OS. The molecule has 0 aliphatic heterocycles. The number of thiazole rings is 1. The fraction of sp³-hybridized carbons (Fsp3) is 0.0625. The van der Waals surface area contributed by atoms with Gasteiger partial charge >= 0.3 is 0 Å². The first-order valence-corrected chi connectivity index (χ1v) is 8.67. The molecule has 2 heterocycles. The van der Waals surface area contributed by atoms with Crippen LogP contribution >= 0.6 is 38.9 Å². The van der Waals surface area contributed by atoms with Crippen molar-refractivity contribution in [2.75, 3.05) is 5.32 Å². The summed E-state index contributed by atoms with van der Waals surface area (Å²) in [6.45, 7) is 1.97. The van der Waals surface area contributed by atoms with E-state index in [0.717, 1.165) is 20.6 Å². The maximum absolute atomic E-state index is 12.2. The number of aryl methyl sites for hydroxylation is 1. The highest BCUT2D eigenvalue weighted by molar-refractivity contribution is 9.10. The summed E-state index contributed by atoms with van der Waals surface area (Å²) in [5.41, 5.74) is 2.28. The van der Waals surface area contributed by atoms with E-state index in [2.05, 4.69) is 31.2 Å². The molecule has 4 nitrogen and oxygen atoms in total. The number of aromatic nitrogens is 2. The molecule has 0 unspecified atom stereocenters. The van der Waals surface area contributed by atoms with Gasteiger partial charge in [0.05, 0.1) is 11.3 Å². The number of amides is 1. The second-order valence-electron chi connectivity index (χ2n) is 4.78. The third-order valence-electron chi connectivity index (χ3n) is 3.10. The summed E-state index contributed by atoms with van der Waals surface area (Å²) in [6, 6.07) is 9.17. The predicted octanol–water partition coefficient (Wildman–Crippen LogP) is 5.18. The molecule has 0 aliphatic rings. The zero-order chi connectivity index (χ0) is 16.4. The maximum atomic E-state index is 12.2. The van der Waals surface area contributed by atoms with Crippen LogP contribution in [0.25, 0.3) is 11.3 Å². The van der Waals surface area contributed by atoms with Crippen LogP contribution in [0.4, 0.5) is 5.13 Å². The SMILES string of the molecule is Cc1sc(NC(=O)c2cncc(Br)c2)nc1-c1ccc(Cl)cc1. The van der Waals surface area contributed by atoms with E-state index in [4.69, 9.17) is 11.6 Å². The first-order valence-electron chi connectivity index (χ1n) is 6.68. The highest BCUT2D eigenvalue weighted by Crippen LogP contribution is 2.31. The molecule has 1 N–H and O–H groups in total. The fourth-order valence-electron chi connectivity index (χ4n) is 2.03. The number of anilines is 1. The van der Waals surface area contributed by atoms with Gasteiger partial charge in [0, 0.05) is 32.3 Å². The average Bonchev–Trinajstić information content (AvgIpc) is 2.88. The van der Waals surface area contributed by atoms with Gasteiger partial charge in [-0.1, -0.05) is 23.7 Å². The number of halogens is 2. The zero-order valence-corrected chi connectivity index (χ0v) is 15.2. The van der Waals surface area contributed by atoms with Crippen LogP contribution in [-0.4, -0.2) is 15.9 Å². The number of rotatable bonds is 3. The van der Waals surface area contributed by atoms with Gasteiger partial charge in [-0.25, -0.2) is 4.98 Å². The second-order valence-corrected chi connectivity index (χ2v) is 7.33. The Balaban J connectivity index is 1.83. The first-order chi connectivity index (χ1) is 11.0. The van der Waals surface area contributed by atoms with E-state index in [1.165, 1.54) is 17.5 Å². The van der Waals surface area contributed by atoms with Gasteiger partial charge in [-0.2, -0.15) is 0 Å². The zero-order valence-electron chi connectivity index (χ0n) is 12.0. The summed E-state index contributed by atoms with van der Waals surface area (Å²) in [6.07, 6.45) is 3.14.